The van der Waals surface area contributed by atoms with Gasteiger partial charge in [0.15, 0.2) is 5.65 Å². The third-order valence-corrected chi connectivity index (χ3v) is 11.9. The lowest BCUT2D eigenvalue weighted by Crippen LogP contribution is -2.54. The van der Waals surface area contributed by atoms with Gasteiger partial charge in [0.25, 0.3) is 11.8 Å². The molecule has 5 amide bonds. The van der Waals surface area contributed by atoms with Crippen molar-refractivity contribution in [3.63, 3.8) is 0 Å². The molecule has 0 radical (unpaired) electrons. The fourth-order valence-electron chi connectivity index (χ4n) is 7.79. The first-order chi connectivity index (χ1) is 28.2. The van der Waals surface area contributed by atoms with Crippen molar-refractivity contribution < 1.29 is 33.1 Å². The fourth-order valence-corrected chi connectivity index (χ4v) is 8.76. The summed E-state index contributed by atoms with van der Waals surface area (Å²) in [6, 6.07) is 18.4. The number of imide groups is 2. The molecule has 3 aliphatic rings. The lowest BCUT2D eigenvalue weighted by molar-refractivity contribution is -0.136. The largest absolute Gasteiger partial charge is 0.457 e. The number of benzene rings is 3. The van der Waals surface area contributed by atoms with Gasteiger partial charge in [0, 0.05) is 36.4 Å². The molecule has 58 heavy (non-hydrogen) atoms. The third-order valence-electron chi connectivity index (χ3n) is 10.8. The molecule has 3 N–H and O–H groups in total. The van der Waals surface area contributed by atoms with Gasteiger partial charge in [0.05, 0.1) is 22.6 Å². The molecule has 2 fully saturated rings. The minimum absolute atomic E-state index is 0.00719. The van der Waals surface area contributed by atoms with Crippen LogP contribution in [-0.4, -0.2) is 84.0 Å². The van der Waals surface area contributed by atoms with E-state index < -0.39 is 35.5 Å². The Morgan fingerprint density at radius 2 is 1.66 bits per heavy atom. The molecule has 14 nitrogen and oxygen atoms in total. The number of anilines is 1. The molecule has 8 rings (SSSR count). The number of nitrogen functional groups attached to an aromatic ring is 1. The van der Waals surface area contributed by atoms with E-state index in [9.17, 15) is 24.0 Å². The zero-order chi connectivity index (χ0) is 40.3. The molecule has 2 saturated heterocycles. The van der Waals surface area contributed by atoms with Crippen molar-refractivity contribution in [2.45, 2.75) is 74.8 Å². The first-order valence-electron chi connectivity index (χ1n) is 19.4. The molecule has 2 atom stereocenters. The number of nitrogens with two attached hydrogens (primary N) is 1. The second-order valence-electron chi connectivity index (χ2n) is 14.6. The number of amides is 5. The highest BCUT2D eigenvalue weighted by Crippen LogP contribution is 2.36. The molecule has 5 aromatic rings. The van der Waals surface area contributed by atoms with Crippen LogP contribution in [0.15, 0.2) is 78.0 Å². The Morgan fingerprint density at radius 3 is 2.43 bits per heavy atom. The molecule has 298 valence electrons. The molecule has 3 aromatic carbocycles. The average Bonchev–Trinajstić information content (AvgIpc) is 3.73. The standard InChI is InChI=1S/C42H41FN8O6S/c43-31-21-29-30(42(56)50(41(29)55)32-17-18-34(52)47-40(32)54)22-33(31)58-20-7-2-1-6-12-35(53)49-19-8-9-26(23-49)51-39-36(38(44)45-24-46-39)37(48-51)25-13-15-28(16-14-25)57-27-10-4-3-5-11-27/h3-5,10-11,13-16,21-22,24,26,32H,1-2,6-9,12,17-20,23H2,(H2,44,45,46)(H,47,52,54). The maximum atomic E-state index is 15.0. The Hall–Kier alpha value is -6.16. The number of unbranched alkanes of at least 4 members (excludes halogenated alkanes) is 3. The van der Waals surface area contributed by atoms with Gasteiger partial charge in [0.1, 0.15) is 41.2 Å². The van der Waals surface area contributed by atoms with Crippen molar-refractivity contribution in [3.8, 4) is 22.8 Å². The zero-order valence-electron chi connectivity index (χ0n) is 31.6. The second kappa shape index (κ2) is 16.7. The number of likely N-dealkylation sites (tertiary alicyclic amines) is 1. The van der Waals surface area contributed by atoms with E-state index in [1.165, 1.54) is 24.2 Å². The summed E-state index contributed by atoms with van der Waals surface area (Å²) < 4.78 is 22.9. The van der Waals surface area contributed by atoms with Crippen LogP contribution in [0.25, 0.3) is 22.3 Å². The third kappa shape index (κ3) is 7.88. The number of hydrogen-bond acceptors (Lipinski definition) is 11. The van der Waals surface area contributed by atoms with Crippen LogP contribution in [0.5, 0.6) is 11.5 Å². The van der Waals surface area contributed by atoms with E-state index in [0.29, 0.717) is 60.0 Å². The summed E-state index contributed by atoms with van der Waals surface area (Å²) in [7, 11) is 0. The van der Waals surface area contributed by atoms with Crippen molar-refractivity contribution in [3.05, 3.63) is 90.0 Å². The van der Waals surface area contributed by atoms with E-state index in [0.717, 1.165) is 54.4 Å². The number of carbonyl (C=O) groups excluding carboxylic acids is 5. The highest BCUT2D eigenvalue weighted by molar-refractivity contribution is 7.99. The molecule has 3 aliphatic heterocycles. The van der Waals surface area contributed by atoms with Crippen LogP contribution in [0.1, 0.15) is 84.5 Å². The summed E-state index contributed by atoms with van der Waals surface area (Å²) in [5.41, 5.74) is 8.49. The van der Waals surface area contributed by atoms with Crippen LogP contribution >= 0.6 is 11.8 Å². The molecule has 5 heterocycles. The SMILES string of the molecule is Nc1ncnc2c1c(-c1ccc(Oc3ccccc3)cc1)nn2C1CCCN(C(=O)CCCCCCSc2cc3c(cc2F)C(=O)N(C2CCC(=O)NC2=O)C3=O)C1. The van der Waals surface area contributed by atoms with Gasteiger partial charge >= 0.3 is 0 Å². The molecule has 0 spiro atoms. The van der Waals surface area contributed by atoms with Crippen LogP contribution in [0.3, 0.4) is 0 Å². The van der Waals surface area contributed by atoms with Crippen LogP contribution in [-0.2, 0) is 14.4 Å². The van der Waals surface area contributed by atoms with Gasteiger partial charge in [-0.15, -0.1) is 11.8 Å². The van der Waals surface area contributed by atoms with E-state index in [2.05, 4.69) is 15.3 Å². The number of ether oxygens (including phenoxy) is 1. The molecule has 16 heteroatoms. The summed E-state index contributed by atoms with van der Waals surface area (Å²) in [6.45, 7) is 1.18. The highest BCUT2D eigenvalue weighted by atomic mass is 32.2. The lowest BCUT2D eigenvalue weighted by atomic mass is 10.0. The summed E-state index contributed by atoms with van der Waals surface area (Å²) >= 11 is 1.25. The topological polar surface area (TPSA) is 183 Å². The number of carbonyl (C=O) groups is 5. The average molecular weight is 805 g/mol. The predicted molar refractivity (Wildman–Crippen MR) is 213 cm³/mol. The second-order valence-corrected chi connectivity index (χ2v) is 15.8. The van der Waals surface area contributed by atoms with Crippen LogP contribution in [0.2, 0.25) is 0 Å². The Morgan fingerprint density at radius 1 is 0.914 bits per heavy atom. The molecular formula is C42H41FN8O6S. The normalized spacial score (nSPS) is 18.2. The van der Waals surface area contributed by atoms with Crippen molar-refractivity contribution in [2.75, 3.05) is 24.6 Å². The first kappa shape index (κ1) is 38.7. The van der Waals surface area contributed by atoms with Crippen molar-refractivity contribution in [1.29, 1.82) is 0 Å². The number of nitrogens with zero attached hydrogens (tertiary/aromatic N) is 6. The molecule has 0 saturated carbocycles. The number of aromatic nitrogens is 4. The van der Waals surface area contributed by atoms with Crippen molar-refractivity contribution in [2.24, 2.45) is 0 Å². The number of rotatable bonds is 13. The Labute approximate surface area is 337 Å². The molecular weight excluding hydrogens is 764 g/mol. The Bertz CT molecular complexity index is 2410. The van der Waals surface area contributed by atoms with E-state index in [1.54, 1.807) is 0 Å². The molecule has 2 unspecified atom stereocenters. The Balaban J connectivity index is 0.822. The van der Waals surface area contributed by atoms with Crippen molar-refractivity contribution >= 4 is 58.1 Å². The van der Waals surface area contributed by atoms with Gasteiger partial charge in [-0.25, -0.2) is 19.0 Å². The van der Waals surface area contributed by atoms with Crippen LogP contribution < -0.4 is 15.8 Å². The van der Waals surface area contributed by atoms with Crippen molar-refractivity contribution in [1.82, 2.24) is 34.9 Å². The number of para-hydroxylation sites is 1. The van der Waals surface area contributed by atoms with Gasteiger partial charge < -0.3 is 15.4 Å². The number of halogens is 1. The summed E-state index contributed by atoms with van der Waals surface area (Å²) in [5.74, 6) is -0.764. The van der Waals surface area contributed by atoms with E-state index in [1.807, 2.05) is 64.2 Å². The number of piperidine rings is 2. The summed E-state index contributed by atoms with van der Waals surface area (Å²) in [4.78, 5) is 75.2. The van der Waals surface area contributed by atoms with Gasteiger partial charge in [-0.2, -0.15) is 5.10 Å². The number of hydrogen-bond donors (Lipinski definition) is 2. The maximum Gasteiger partial charge on any atom is 0.262 e. The molecule has 0 aliphatic carbocycles. The van der Waals surface area contributed by atoms with Crippen LogP contribution in [0.4, 0.5) is 10.2 Å². The minimum Gasteiger partial charge on any atom is -0.457 e. The summed E-state index contributed by atoms with van der Waals surface area (Å²) in [6.07, 6.45) is 6.68. The van der Waals surface area contributed by atoms with Gasteiger partial charge in [-0.1, -0.05) is 31.0 Å². The lowest BCUT2D eigenvalue weighted by Gasteiger charge is -2.33. The fraction of sp³-hybridized carbons (Fsp3) is 0.333. The number of nitrogens with one attached hydrogen (secondary N) is 1. The van der Waals surface area contributed by atoms with E-state index >= 15 is 4.39 Å². The van der Waals surface area contributed by atoms with Gasteiger partial charge in [-0.05, 0) is 86.4 Å². The number of fused-ring (bicyclic) bond motifs is 2. The highest BCUT2D eigenvalue weighted by Gasteiger charge is 2.45. The molecule has 2 aromatic heterocycles. The smallest absolute Gasteiger partial charge is 0.262 e. The zero-order valence-corrected chi connectivity index (χ0v) is 32.4. The minimum atomic E-state index is -1.11. The monoisotopic (exact) mass is 804 g/mol. The summed E-state index contributed by atoms with van der Waals surface area (Å²) in [5, 5.41) is 7.83. The van der Waals surface area contributed by atoms with E-state index in [-0.39, 0.29) is 40.8 Å². The molecule has 0 bridgehead atoms. The van der Waals surface area contributed by atoms with Gasteiger partial charge in [0.2, 0.25) is 17.7 Å². The van der Waals surface area contributed by atoms with E-state index in [4.69, 9.17) is 15.6 Å². The maximum absolute atomic E-state index is 15.0. The van der Waals surface area contributed by atoms with Gasteiger partial charge in [-0.3, -0.25) is 34.2 Å². The predicted octanol–water partition coefficient (Wildman–Crippen LogP) is 6.31. The van der Waals surface area contributed by atoms with Crippen LogP contribution in [0, 0.1) is 5.82 Å². The number of thioether (sulfide) groups is 1. The first-order valence-corrected chi connectivity index (χ1v) is 20.4. The Kier molecular flexibility index (Phi) is 11.2. The quantitative estimate of drug-likeness (QED) is 0.0773.